The number of hydrogen-bond acceptors (Lipinski definition) is 3. The smallest absolute Gasteiger partial charge is 0.252 e. The summed E-state index contributed by atoms with van der Waals surface area (Å²) in [5, 5.41) is 3.18. The second-order valence-electron chi connectivity index (χ2n) is 4.20. The summed E-state index contributed by atoms with van der Waals surface area (Å²) in [6.07, 6.45) is 0.748. The standard InChI is InChI=1S/C13H12N4S/c1-9-7-12(18)17-13(14-9)15-11(16-17)8-10-5-3-2-4-6-10/h2-7H,8H2,1H3,(H,14,15,16). The van der Waals surface area contributed by atoms with Crippen molar-refractivity contribution in [3.8, 4) is 0 Å². The Morgan fingerprint density at radius 1 is 1.22 bits per heavy atom. The average molecular weight is 256 g/mol. The molecule has 0 fully saturated rings. The third kappa shape index (κ3) is 2.04. The van der Waals surface area contributed by atoms with Gasteiger partial charge in [0.25, 0.3) is 5.78 Å². The summed E-state index contributed by atoms with van der Waals surface area (Å²) in [6.45, 7) is 1.92. The van der Waals surface area contributed by atoms with Crippen LogP contribution in [-0.2, 0) is 6.42 Å². The van der Waals surface area contributed by atoms with Crippen LogP contribution in [-0.4, -0.2) is 19.6 Å². The number of rotatable bonds is 2. The maximum absolute atomic E-state index is 5.27. The molecule has 0 saturated carbocycles. The molecule has 4 nitrogen and oxygen atoms in total. The summed E-state index contributed by atoms with van der Waals surface area (Å²) in [4.78, 5) is 8.81. The van der Waals surface area contributed by atoms with E-state index in [2.05, 4.69) is 27.2 Å². The zero-order valence-electron chi connectivity index (χ0n) is 9.92. The largest absolute Gasteiger partial charge is 0.277 e. The maximum Gasteiger partial charge on any atom is 0.252 e. The van der Waals surface area contributed by atoms with Gasteiger partial charge in [-0.25, -0.2) is 9.50 Å². The average Bonchev–Trinajstić information content (AvgIpc) is 2.73. The highest BCUT2D eigenvalue weighted by atomic mass is 32.1. The molecule has 0 amide bonds. The molecular formula is C13H12N4S. The second kappa shape index (κ2) is 4.34. The normalized spacial score (nSPS) is 10.9. The van der Waals surface area contributed by atoms with Crippen LogP contribution in [0.25, 0.3) is 5.78 Å². The molecular weight excluding hydrogens is 244 g/mol. The molecule has 1 aromatic carbocycles. The van der Waals surface area contributed by atoms with E-state index >= 15 is 0 Å². The van der Waals surface area contributed by atoms with Crippen molar-refractivity contribution in [3.05, 3.63) is 58.1 Å². The van der Waals surface area contributed by atoms with Crippen molar-refractivity contribution >= 4 is 18.0 Å². The van der Waals surface area contributed by atoms with Crippen LogP contribution in [0.1, 0.15) is 17.1 Å². The summed E-state index contributed by atoms with van der Waals surface area (Å²) >= 11 is 5.27. The monoisotopic (exact) mass is 256 g/mol. The lowest BCUT2D eigenvalue weighted by Gasteiger charge is -1.95. The van der Waals surface area contributed by atoms with E-state index in [4.69, 9.17) is 12.2 Å². The van der Waals surface area contributed by atoms with Crippen molar-refractivity contribution in [1.82, 2.24) is 19.6 Å². The van der Waals surface area contributed by atoms with Crippen LogP contribution >= 0.6 is 12.2 Å². The Morgan fingerprint density at radius 2 is 2.00 bits per heavy atom. The van der Waals surface area contributed by atoms with Gasteiger partial charge in [0.15, 0.2) is 0 Å². The molecule has 0 bridgehead atoms. The SMILES string of the molecule is Cc1cc(=S)n2[nH]c(Cc3ccccc3)nc2n1. The fraction of sp³-hybridized carbons (Fsp3) is 0.154. The summed E-state index contributed by atoms with van der Waals surface area (Å²) in [5.41, 5.74) is 2.09. The van der Waals surface area contributed by atoms with Crippen LogP contribution in [0, 0.1) is 11.6 Å². The van der Waals surface area contributed by atoms with Gasteiger partial charge >= 0.3 is 0 Å². The molecule has 0 saturated heterocycles. The maximum atomic E-state index is 5.27. The molecule has 1 N–H and O–H groups in total. The predicted molar refractivity (Wildman–Crippen MR) is 72.2 cm³/mol. The molecule has 90 valence electrons. The Kier molecular flexibility index (Phi) is 2.68. The summed E-state index contributed by atoms with van der Waals surface area (Å²) < 4.78 is 2.44. The molecule has 0 unspecified atom stereocenters. The first kappa shape index (κ1) is 11.1. The number of benzene rings is 1. The lowest BCUT2D eigenvalue weighted by atomic mass is 10.1. The third-order valence-electron chi connectivity index (χ3n) is 2.72. The molecule has 3 rings (SSSR count). The Labute approximate surface area is 109 Å². The van der Waals surface area contributed by atoms with Gasteiger partial charge in [-0.1, -0.05) is 42.5 Å². The van der Waals surface area contributed by atoms with E-state index < -0.39 is 0 Å². The molecule has 0 aliphatic carbocycles. The number of fused-ring (bicyclic) bond motifs is 1. The molecule has 5 heteroatoms. The Balaban J connectivity index is 2.04. The van der Waals surface area contributed by atoms with Crippen molar-refractivity contribution in [2.24, 2.45) is 0 Å². The second-order valence-corrected chi connectivity index (χ2v) is 4.62. The van der Waals surface area contributed by atoms with Gasteiger partial charge in [0, 0.05) is 12.1 Å². The molecule has 0 spiro atoms. The zero-order chi connectivity index (χ0) is 12.5. The van der Waals surface area contributed by atoms with Crippen molar-refractivity contribution in [1.29, 1.82) is 0 Å². The highest BCUT2D eigenvalue weighted by Gasteiger charge is 2.05. The molecule has 0 atom stereocenters. The van der Waals surface area contributed by atoms with Gasteiger partial charge in [0.05, 0.1) is 0 Å². The minimum absolute atomic E-state index is 0.630. The molecule has 18 heavy (non-hydrogen) atoms. The predicted octanol–water partition coefficient (Wildman–Crippen LogP) is 2.69. The Morgan fingerprint density at radius 3 is 2.78 bits per heavy atom. The molecule has 2 aromatic heterocycles. The van der Waals surface area contributed by atoms with Crippen molar-refractivity contribution in [2.75, 3.05) is 0 Å². The number of nitrogens with one attached hydrogen (secondary N) is 1. The van der Waals surface area contributed by atoms with E-state index in [0.717, 1.165) is 17.9 Å². The highest BCUT2D eigenvalue weighted by molar-refractivity contribution is 7.71. The molecule has 0 aliphatic heterocycles. The molecule has 0 radical (unpaired) electrons. The topological polar surface area (TPSA) is 46.0 Å². The summed E-state index contributed by atoms with van der Waals surface area (Å²) in [5.74, 6) is 1.50. The Bertz CT molecular complexity index is 743. The lowest BCUT2D eigenvalue weighted by molar-refractivity contribution is 0.876. The van der Waals surface area contributed by atoms with E-state index in [0.29, 0.717) is 10.4 Å². The first-order chi connectivity index (χ1) is 8.72. The minimum Gasteiger partial charge on any atom is -0.277 e. The van der Waals surface area contributed by atoms with Crippen molar-refractivity contribution in [2.45, 2.75) is 13.3 Å². The first-order valence-corrected chi connectivity index (χ1v) is 6.12. The lowest BCUT2D eigenvalue weighted by Crippen LogP contribution is -1.94. The van der Waals surface area contributed by atoms with Crippen LogP contribution in [0.3, 0.4) is 0 Å². The number of aromatic nitrogens is 4. The van der Waals surface area contributed by atoms with Gasteiger partial charge < -0.3 is 0 Å². The fourth-order valence-corrected chi connectivity index (χ4v) is 2.20. The Hall–Kier alpha value is -2.01. The number of aryl methyl sites for hydroxylation is 1. The van der Waals surface area contributed by atoms with Crippen LogP contribution in [0.5, 0.6) is 0 Å². The van der Waals surface area contributed by atoms with Crippen molar-refractivity contribution < 1.29 is 0 Å². The van der Waals surface area contributed by atoms with Gasteiger partial charge in [-0.15, -0.1) is 0 Å². The van der Waals surface area contributed by atoms with Crippen LogP contribution in [0.4, 0.5) is 0 Å². The van der Waals surface area contributed by atoms with Gasteiger partial charge in [0.1, 0.15) is 10.5 Å². The van der Waals surface area contributed by atoms with E-state index in [1.165, 1.54) is 5.56 Å². The molecule has 2 heterocycles. The minimum atomic E-state index is 0.630. The summed E-state index contributed by atoms with van der Waals surface area (Å²) in [6, 6.07) is 12.0. The van der Waals surface area contributed by atoms with Crippen molar-refractivity contribution in [3.63, 3.8) is 0 Å². The fourth-order valence-electron chi connectivity index (χ4n) is 1.90. The van der Waals surface area contributed by atoms with Gasteiger partial charge in [-0.3, -0.25) is 5.10 Å². The quantitative estimate of drug-likeness (QED) is 0.717. The van der Waals surface area contributed by atoms with E-state index in [1.807, 2.05) is 31.2 Å². The highest BCUT2D eigenvalue weighted by Crippen LogP contribution is 2.07. The first-order valence-electron chi connectivity index (χ1n) is 5.71. The number of nitrogens with zero attached hydrogens (tertiary/aromatic N) is 3. The van der Waals surface area contributed by atoms with Crippen LogP contribution in [0.2, 0.25) is 0 Å². The number of H-pyrrole nitrogens is 1. The number of aromatic amines is 1. The molecule has 0 aliphatic rings. The van der Waals surface area contributed by atoms with E-state index in [1.54, 1.807) is 4.52 Å². The van der Waals surface area contributed by atoms with E-state index in [9.17, 15) is 0 Å². The van der Waals surface area contributed by atoms with Crippen LogP contribution < -0.4 is 0 Å². The van der Waals surface area contributed by atoms with Gasteiger partial charge in [-0.2, -0.15) is 4.98 Å². The number of hydrogen-bond donors (Lipinski definition) is 1. The summed E-state index contributed by atoms with van der Waals surface area (Å²) in [7, 11) is 0. The van der Waals surface area contributed by atoms with E-state index in [-0.39, 0.29) is 0 Å². The van der Waals surface area contributed by atoms with Gasteiger partial charge in [-0.05, 0) is 18.6 Å². The molecule has 3 aromatic rings. The third-order valence-corrected chi connectivity index (χ3v) is 3.02. The zero-order valence-corrected chi connectivity index (χ0v) is 10.7. The van der Waals surface area contributed by atoms with Gasteiger partial charge in [0.2, 0.25) is 0 Å². The van der Waals surface area contributed by atoms with Crippen LogP contribution in [0.15, 0.2) is 36.4 Å².